The molecule has 0 aliphatic carbocycles. The predicted octanol–water partition coefficient (Wildman–Crippen LogP) is 6.95. The van der Waals surface area contributed by atoms with Gasteiger partial charge in [-0.1, -0.05) is 12.6 Å². The molecule has 0 fully saturated rings. The van der Waals surface area contributed by atoms with E-state index in [9.17, 15) is 14.0 Å². The molecule has 6 aromatic rings. The number of carbonyl (C=O) groups is 2. The number of aryl methyl sites for hydroxylation is 2. The Bertz CT molecular complexity index is 2390. The summed E-state index contributed by atoms with van der Waals surface area (Å²) in [5, 5.41) is 8.61. The molecule has 1 aliphatic heterocycles. The number of nitrogens with one attached hydrogen (secondary N) is 1. The average molecular weight is 702 g/mol. The zero-order chi connectivity index (χ0) is 35.6. The van der Waals surface area contributed by atoms with Crippen LogP contribution >= 0.6 is 11.3 Å². The van der Waals surface area contributed by atoms with Crippen LogP contribution in [-0.4, -0.2) is 60.7 Å². The smallest absolute Gasteiger partial charge is 0.257 e. The first kappa shape index (κ1) is 33.0. The molecule has 258 valence electrons. The summed E-state index contributed by atoms with van der Waals surface area (Å²) in [6.07, 6.45) is 1.26. The molecular weight excluding hydrogens is 668 g/mol. The van der Waals surface area contributed by atoms with Crippen molar-refractivity contribution in [3.05, 3.63) is 83.4 Å². The fourth-order valence-corrected chi connectivity index (χ4v) is 7.63. The van der Waals surface area contributed by atoms with Gasteiger partial charge in [-0.25, -0.2) is 23.1 Å². The maximum atomic E-state index is 16.2. The van der Waals surface area contributed by atoms with Crippen molar-refractivity contribution in [2.75, 3.05) is 13.7 Å². The Hall–Kier alpha value is -5.50. The second-order valence-corrected chi connectivity index (χ2v) is 13.1. The van der Waals surface area contributed by atoms with Gasteiger partial charge in [0.15, 0.2) is 6.61 Å². The lowest BCUT2D eigenvalue weighted by atomic mass is 9.94. The van der Waals surface area contributed by atoms with Crippen molar-refractivity contribution in [3.8, 4) is 39.5 Å². The summed E-state index contributed by atoms with van der Waals surface area (Å²) in [5.41, 5.74) is 3.40. The number of carbonyl (C=O) groups excluding carboxylic acids is 2. The van der Waals surface area contributed by atoms with Gasteiger partial charge in [-0.05, 0) is 45.0 Å². The van der Waals surface area contributed by atoms with E-state index in [2.05, 4.69) is 16.9 Å². The maximum Gasteiger partial charge on any atom is 0.257 e. The molecule has 0 bridgehead atoms. The molecule has 1 N–H and O–H groups in total. The first-order valence-electron chi connectivity index (χ1n) is 15.8. The summed E-state index contributed by atoms with van der Waals surface area (Å²) >= 11 is 1.09. The highest BCUT2D eigenvalue weighted by atomic mass is 32.1. The van der Waals surface area contributed by atoms with Gasteiger partial charge < -0.3 is 19.5 Å². The third-order valence-electron chi connectivity index (χ3n) is 9.20. The second-order valence-electron chi connectivity index (χ2n) is 12.2. The van der Waals surface area contributed by atoms with Crippen molar-refractivity contribution < 1.29 is 28.9 Å². The lowest BCUT2D eigenvalue weighted by Crippen LogP contribution is -2.46. The number of fused-ring (bicyclic) bond motifs is 3. The molecule has 0 radical (unpaired) electrons. The van der Waals surface area contributed by atoms with Crippen LogP contribution in [0.15, 0.2) is 54.4 Å². The van der Waals surface area contributed by atoms with Gasteiger partial charge >= 0.3 is 0 Å². The van der Waals surface area contributed by atoms with Gasteiger partial charge in [0.25, 0.3) is 5.91 Å². The van der Waals surface area contributed by atoms with Crippen LogP contribution in [0, 0.1) is 24.4 Å². The van der Waals surface area contributed by atoms with Crippen molar-refractivity contribution in [3.63, 3.8) is 0 Å². The van der Waals surface area contributed by atoms with E-state index < -0.39 is 36.0 Å². The molecule has 10 nitrogen and oxygen atoms in total. The van der Waals surface area contributed by atoms with E-state index in [1.54, 1.807) is 15.6 Å². The van der Waals surface area contributed by atoms with Crippen molar-refractivity contribution in [1.82, 2.24) is 34.5 Å². The molecular formula is C36H34F3N7O3S. The van der Waals surface area contributed by atoms with Gasteiger partial charge in [-0.3, -0.25) is 14.3 Å². The molecule has 2 amide bonds. The molecule has 1 aliphatic rings. The van der Waals surface area contributed by atoms with Crippen molar-refractivity contribution >= 4 is 44.3 Å². The van der Waals surface area contributed by atoms with Crippen LogP contribution < -0.4 is 10.1 Å². The fourth-order valence-electron chi connectivity index (χ4n) is 6.70. The van der Waals surface area contributed by atoms with Crippen molar-refractivity contribution in [1.29, 1.82) is 0 Å². The zero-order valence-corrected chi connectivity index (χ0v) is 28.7. The van der Waals surface area contributed by atoms with E-state index in [-0.39, 0.29) is 47.0 Å². The number of aromatic nitrogens is 5. The Balaban J connectivity index is 0.00000448. The minimum Gasteiger partial charge on any atom is -0.483 e. The minimum absolute atomic E-state index is 0. The lowest BCUT2D eigenvalue weighted by Gasteiger charge is -2.38. The van der Waals surface area contributed by atoms with Crippen molar-refractivity contribution in [2.24, 2.45) is 7.05 Å². The van der Waals surface area contributed by atoms with E-state index in [4.69, 9.17) is 14.8 Å². The third kappa shape index (κ3) is 5.30. The lowest BCUT2D eigenvalue weighted by molar-refractivity contribution is -0.132. The van der Waals surface area contributed by atoms with E-state index in [0.29, 0.717) is 39.8 Å². The quantitative estimate of drug-likeness (QED) is 0.181. The van der Waals surface area contributed by atoms with Gasteiger partial charge in [0.2, 0.25) is 5.91 Å². The molecule has 2 atom stereocenters. The van der Waals surface area contributed by atoms with Crippen LogP contribution in [0.1, 0.15) is 32.8 Å². The predicted molar refractivity (Wildman–Crippen MR) is 187 cm³/mol. The molecule has 14 heteroatoms. The van der Waals surface area contributed by atoms with Gasteiger partial charge in [0.05, 0.1) is 45.3 Å². The van der Waals surface area contributed by atoms with E-state index in [1.165, 1.54) is 18.5 Å². The number of ether oxygens (including phenoxy) is 1. The summed E-state index contributed by atoms with van der Waals surface area (Å²) < 4.78 is 56.9. The number of amides is 2. The van der Waals surface area contributed by atoms with E-state index in [0.717, 1.165) is 28.7 Å². The second kappa shape index (κ2) is 12.4. The molecule has 2 aromatic carbocycles. The first-order chi connectivity index (χ1) is 23.9. The average Bonchev–Trinajstić information content (AvgIpc) is 3.77. The van der Waals surface area contributed by atoms with E-state index >= 15 is 8.78 Å². The SMILES string of the molecule is C=CC(=O)N1[C@H](C)c2cc(-c3nc(-c4ccc5c(c4)nc(C)n5C)c4scc(F)c4c3-c3c(F)cc(F)cc3OCC(=O)NC)nn2C[C@@H]1C.[HH]. The third-order valence-corrected chi connectivity index (χ3v) is 10.2. The van der Waals surface area contributed by atoms with Crippen LogP contribution in [0.4, 0.5) is 13.2 Å². The Morgan fingerprint density at radius 3 is 2.62 bits per heavy atom. The zero-order valence-electron chi connectivity index (χ0n) is 27.8. The summed E-state index contributed by atoms with van der Waals surface area (Å²) in [7, 11) is 3.31. The van der Waals surface area contributed by atoms with Crippen LogP contribution in [0.2, 0.25) is 0 Å². The van der Waals surface area contributed by atoms with Gasteiger partial charge in [0.1, 0.15) is 40.4 Å². The largest absolute Gasteiger partial charge is 0.483 e. The molecule has 0 unspecified atom stereocenters. The van der Waals surface area contributed by atoms with Gasteiger partial charge in [-0.15, -0.1) is 11.3 Å². The molecule has 5 heterocycles. The van der Waals surface area contributed by atoms with Crippen LogP contribution in [-0.2, 0) is 23.2 Å². The van der Waals surface area contributed by atoms with Crippen LogP contribution in [0.25, 0.3) is 54.9 Å². The van der Waals surface area contributed by atoms with Gasteiger partial charge in [-0.2, -0.15) is 5.10 Å². The topological polar surface area (TPSA) is 107 Å². The minimum atomic E-state index is -1.04. The van der Waals surface area contributed by atoms with Gasteiger partial charge in [0, 0.05) is 55.6 Å². The van der Waals surface area contributed by atoms with E-state index in [1.807, 2.05) is 50.6 Å². The van der Waals surface area contributed by atoms with Crippen molar-refractivity contribution in [2.45, 2.75) is 39.4 Å². The number of nitrogens with zero attached hydrogens (tertiary/aromatic N) is 6. The Kier molecular flexibility index (Phi) is 8.21. The fraction of sp³-hybridized carbons (Fsp3) is 0.250. The highest BCUT2D eigenvalue weighted by Crippen LogP contribution is 2.48. The molecule has 4 aromatic heterocycles. The normalized spacial score (nSPS) is 15.8. The number of pyridine rings is 1. The molecule has 50 heavy (non-hydrogen) atoms. The maximum absolute atomic E-state index is 16.2. The number of thiophene rings is 1. The molecule has 0 saturated carbocycles. The summed E-state index contributed by atoms with van der Waals surface area (Å²) in [4.78, 5) is 36.4. The first-order valence-corrected chi connectivity index (χ1v) is 16.7. The Morgan fingerprint density at radius 2 is 1.88 bits per heavy atom. The number of hydrogen-bond donors (Lipinski definition) is 1. The standard InChI is InChI=1S/C36H32F3N7O3S.H2/c1-7-30(48)46-17(2)14-45-27(18(46)3)13-25(43-45)35-33(31-22(38)11-21(37)12-28(31)49-15-29(47)40-5)32-23(39)16-50-36(32)34(42-35)20-8-9-26-24(10-20)41-19(4)44(26)6;/h7-13,16-18H,1,14-15H2,2-6H3,(H,40,47);1H/t17-,18+;/m0./s1. The number of hydrogen-bond acceptors (Lipinski definition) is 7. The highest BCUT2D eigenvalue weighted by Gasteiger charge is 2.35. The molecule has 0 spiro atoms. The summed E-state index contributed by atoms with van der Waals surface area (Å²) in [6, 6.07) is 8.35. The van der Waals surface area contributed by atoms with Crippen LogP contribution in [0.5, 0.6) is 5.75 Å². The molecule has 0 saturated heterocycles. The number of rotatable bonds is 7. The Morgan fingerprint density at radius 1 is 1.10 bits per heavy atom. The number of halogens is 3. The number of imidazole rings is 1. The summed E-state index contributed by atoms with van der Waals surface area (Å²) in [6.45, 7) is 9.10. The Labute approximate surface area is 290 Å². The van der Waals surface area contributed by atoms with Crippen LogP contribution in [0.3, 0.4) is 0 Å². The molecule has 7 rings (SSSR count). The number of benzene rings is 2. The monoisotopic (exact) mass is 701 g/mol. The number of likely N-dealkylation sites (N-methyl/N-ethyl adjacent to an activating group) is 1. The summed E-state index contributed by atoms with van der Waals surface area (Å²) in [5.74, 6) is -2.93. The highest BCUT2D eigenvalue weighted by molar-refractivity contribution is 7.17.